The number of rotatable bonds is 5. The summed E-state index contributed by atoms with van der Waals surface area (Å²) in [5.41, 5.74) is -2.04. The van der Waals surface area contributed by atoms with Crippen LogP contribution < -0.4 is 11.2 Å². The lowest BCUT2D eigenvalue weighted by Gasteiger charge is -2.16. The molecule has 0 saturated heterocycles. The van der Waals surface area contributed by atoms with Gasteiger partial charge >= 0.3 is 16.9 Å². The fraction of sp³-hybridized carbons (Fsp3) is 0.636. The van der Waals surface area contributed by atoms with Gasteiger partial charge in [-0.25, -0.2) is 9.36 Å². The molecule has 1 aromatic rings. The van der Waals surface area contributed by atoms with Crippen molar-refractivity contribution < 1.29 is 9.66 Å². The summed E-state index contributed by atoms with van der Waals surface area (Å²) in [6, 6.07) is 0. The number of methoxy groups -OCH3 is 1. The van der Waals surface area contributed by atoms with Crippen LogP contribution in [0.5, 0.6) is 0 Å². The summed E-state index contributed by atoms with van der Waals surface area (Å²) in [5.74, 6) is 0. The average molecular weight is 271 g/mol. The van der Waals surface area contributed by atoms with Gasteiger partial charge in [0.1, 0.15) is 11.9 Å². The highest BCUT2D eigenvalue weighted by Gasteiger charge is 2.26. The standard InChI is InChI=1S/C11H17N3O5/c1-5-6-12-7(2)9(14(17)18)10(15)13(11(12)16)8(3)19-4/h8H,5-6H2,1-4H3. The van der Waals surface area contributed by atoms with E-state index in [9.17, 15) is 19.7 Å². The van der Waals surface area contributed by atoms with Gasteiger partial charge in [0.25, 0.3) is 0 Å². The van der Waals surface area contributed by atoms with E-state index < -0.39 is 28.1 Å². The van der Waals surface area contributed by atoms with Crippen LogP contribution in [0.2, 0.25) is 0 Å². The first-order valence-corrected chi connectivity index (χ1v) is 5.89. The Balaban J connectivity index is 3.80. The highest BCUT2D eigenvalue weighted by atomic mass is 16.6. The maximum atomic E-state index is 12.2. The zero-order chi connectivity index (χ0) is 14.7. The molecule has 0 saturated carbocycles. The van der Waals surface area contributed by atoms with Gasteiger partial charge in [-0.05, 0) is 20.3 Å². The number of nitro groups is 1. The lowest BCUT2D eigenvalue weighted by molar-refractivity contribution is -0.387. The molecule has 0 aromatic carbocycles. The van der Waals surface area contributed by atoms with Gasteiger partial charge in [-0.2, -0.15) is 0 Å². The molecule has 0 spiro atoms. The summed E-state index contributed by atoms with van der Waals surface area (Å²) in [4.78, 5) is 34.5. The van der Waals surface area contributed by atoms with E-state index in [0.29, 0.717) is 13.0 Å². The second-order valence-electron chi connectivity index (χ2n) is 4.14. The van der Waals surface area contributed by atoms with Crippen molar-refractivity contribution in [1.29, 1.82) is 0 Å². The summed E-state index contributed by atoms with van der Waals surface area (Å²) in [7, 11) is 1.33. The van der Waals surface area contributed by atoms with Crippen LogP contribution in [-0.4, -0.2) is 21.2 Å². The van der Waals surface area contributed by atoms with Gasteiger partial charge in [-0.1, -0.05) is 6.92 Å². The van der Waals surface area contributed by atoms with Crippen LogP contribution in [0.4, 0.5) is 5.69 Å². The van der Waals surface area contributed by atoms with Gasteiger partial charge in [-0.3, -0.25) is 19.5 Å². The molecule has 106 valence electrons. The maximum absolute atomic E-state index is 12.2. The van der Waals surface area contributed by atoms with Gasteiger partial charge in [-0.15, -0.1) is 0 Å². The van der Waals surface area contributed by atoms with Crippen LogP contribution in [-0.2, 0) is 11.3 Å². The first kappa shape index (κ1) is 15.1. The second kappa shape index (κ2) is 5.79. The molecule has 1 rings (SSSR count). The van der Waals surface area contributed by atoms with E-state index in [1.54, 1.807) is 0 Å². The summed E-state index contributed by atoms with van der Waals surface area (Å²) >= 11 is 0. The van der Waals surface area contributed by atoms with Crippen LogP contribution in [0.3, 0.4) is 0 Å². The summed E-state index contributed by atoms with van der Waals surface area (Å²) in [6.45, 7) is 5.03. The van der Waals surface area contributed by atoms with Crippen molar-refractivity contribution in [1.82, 2.24) is 9.13 Å². The van der Waals surface area contributed by atoms with E-state index in [1.807, 2.05) is 6.92 Å². The molecule has 1 aromatic heterocycles. The number of hydrogen-bond donors (Lipinski definition) is 0. The van der Waals surface area contributed by atoms with E-state index in [4.69, 9.17) is 4.74 Å². The molecule has 0 aliphatic heterocycles. The Morgan fingerprint density at radius 3 is 2.42 bits per heavy atom. The predicted molar refractivity (Wildman–Crippen MR) is 68.4 cm³/mol. The minimum absolute atomic E-state index is 0.0707. The molecule has 19 heavy (non-hydrogen) atoms. The average Bonchev–Trinajstić information content (AvgIpc) is 2.33. The van der Waals surface area contributed by atoms with E-state index in [2.05, 4.69) is 0 Å². The first-order valence-electron chi connectivity index (χ1n) is 5.89. The minimum atomic E-state index is -0.936. The molecule has 8 heteroatoms. The Morgan fingerprint density at radius 1 is 1.42 bits per heavy atom. The van der Waals surface area contributed by atoms with Gasteiger partial charge in [0, 0.05) is 13.7 Å². The zero-order valence-electron chi connectivity index (χ0n) is 11.4. The van der Waals surface area contributed by atoms with Crippen LogP contribution in [0.1, 0.15) is 32.2 Å². The van der Waals surface area contributed by atoms with Crippen LogP contribution in [0, 0.1) is 17.0 Å². The fourth-order valence-electron chi connectivity index (χ4n) is 1.88. The van der Waals surface area contributed by atoms with E-state index >= 15 is 0 Å². The van der Waals surface area contributed by atoms with E-state index in [1.165, 1.54) is 25.5 Å². The molecule has 0 N–H and O–H groups in total. The summed E-state index contributed by atoms with van der Waals surface area (Å²) in [6.07, 6.45) is -0.236. The number of ether oxygens (including phenoxy) is 1. The molecule has 8 nitrogen and oxygen atoms in total. The molecule has 0 amide bonds. The Bertz CT molecular complexity index is 602. The Labute approximate surface area is 109 Å². The molecule has 0 bridgehead atoms. The highest BCUT2D eigenvalue weighted by Crippen LogP contribution is 2.12. The molecule has 0 radical (unpaired) electrons. The minimum Gasteiger partial charge on any atom is -0.361 e. The second-order valence-corrected chi connectivity index (χ2v) is 4.14. The molecule has 0 fully saturated rings. The van der Waals surface area contributed by atoms with E-state index in [-0.39, 0.29) is 5.69 Å². The van der Waals surface area contributed by atoms with E-state index in [0.717, 1.165) is 4.57 Å². The third kappa shape index (κ3) is 2.58. The highest BCUT2D eigenvalue weighted by molar-refractivity contribution is 5.32. The molecule has 1 unspecified atom stereocenters. The van der Waals surface area contributed by atoms with Crippen molar-refractivity contribution in [2.75, 3.05) is 7.11 Å². The SMILES string of the molecule is CCCn1c(C)c([N+](=O)[O-])c(=O)n(C(C)OC)c1=O. The first-order chi connectivity index (χ1) is 8.86. The molecule has 0 aliphatic carbocycles. The monoisotopic (exact) mass is 271 g/mol. The lowest BCUT2D eigenvalue weighted by atomic mass is 10.3. The van der Waals surface area contributed by atoms with Crippen molar-refractivity contribution in [3.63, 3.8) is 0 Å². The smallest absolute Gasteiger partial charge is 0.353 e. The normalized spacial score (nSPS) is 12.4. The Hall–Kier alpha value is -1.96. The quantitative estimate of drug-likeness (QED) is 0.583. The van der Waals surface area contributed by atoms with Gasteiger partial charge in [0.05, 0.1) is 4.92 Å². The summed E-state index contributed by atoms with van der Waals surface area (Å²) in [5, 5.41) is 11.0. The number of nitrogens with zero attached hydrogens (tertiary/aromatic N) is 3. The predicted octanol–water partition coefficient (Wildman–Crippen LogP) is 0.802. The van der Waals surface area contributed by atoms with Gasteiger partial charge < -0.3 is 4.74 Å². The Kier molecular flexibility index (Phi) is 4.60. The van der Waals surface area contributed by atoms with Crippen molar-refractivity contribution in [3.05, 3.63) is 36.6 Å². The van der Waals surface area contributed by atoms with Crippen molar-refractivity contribution in [2.45, 2.75) is 40.0 Å². The van der Waals surface area contributed by atoms with Crippen LogP contribution >= 0.6 is 0 Å². The molecular weight excluding hydrogens is 254 g/mol. The van der Waals surface area contributed by atoms with Crippen molar-refractivity contribution in [2.24, 2.45) is 0 Å². The molecule has 1 heterocycles. The topological polar surface area (TPSA) is 96.4 Å². The molecule has 1 atom stereocenters. The van der Waals surface area contributed by atoms with Crippen LogP contribution in [0.25, 0.3) is 0 Å². The molecular formula is C11H17N3O5. The van der Waals surface area contributed by atoms with Gasteiger partial charge in [0.15, 0.2) is 0 Å². The fourth-order valence-corrected chi connectivity index (χ4v) is 1.88. The maximum Gasteiger partial charge on any atom is 0.353 e. The zero-order valence-corrected chi connectivity index (χ0v) is 11.4. The largest absolute Gasteiger partial charge is 0.361 e. The molecule has 0 aliphatic rings. The van der Waals surface area contributed by atoms with Crippen molar-refractivity contribution >= 4 is 5.69 Å². The lowest BCUT2D eigenvalue weighted by Crippen LogP contribution is -2.44. The third-order valence-corrected chi connectivity index (χ3v) is 2.94. The van der Waals surface area contributed by atoms with Gasteiger partial charge in [0.2, 0.25) is 0 Å². The van der Waals surface area contributed by atoms with Crippen LogP contribution in [0.15, 0.2) is 9.59 Å². The number of hydrogen-bond acceptors (Lipinski definition) is 5. The summed E-state index contributed by atoms with van der Waals surface area (Å²) < 4.78 is 6.93. The number of aromatic nitrogens is 2. The van der Waals surface area contributed by atoms with Crippen molar-refractivity contribution in [3.8, 4) is 0 Å². The third-order valence-electron chi connectivity index (χ3n) is 2.94. The Morgan fingerprint density at radius 2 is 2.00 bits per heavy atom.